The van der Waals surface area contributed by atoms with Gasteiger partial charge in [-0.15, -0.1) is 6.42 Å². The molecule has 3 aromatic heterocycles. The lowest BCUT2D eigenvalue weighted by molar-refractivity contribution is 0.0941. The predicted molar refractivity (Wildman–Crippen MR) is 103 cm³/mol. The average Bonchev–Trinajstić information content (AvgIpc) is 2.76. The number of hydrogen-bond acceptors (Lipinski definition) is 5. The molecule has 0 bridgehead atoms. The number of carbonyl (C=O) groups excluding carboxylic acids is 2. The Bertz CT molecular complexity index is 940. The molecular weight excluding hydrogens is 354 g/mol. The van der Waals surface area contributed by atoms with E-state index in [1.807, 2.05) is 12.1 Å². The van der Waals surface area contributed by atoms with Crippen LogP contribution in [0.25, 0.3) is 0 Å². The molecule has 0 spiro atoms. The fourth-order valence-electron chi connectivity index (χ4n) is 2.37. The summed E-state index contributed by atoms with van der Waals surface area (Å²) < 4.78 is 0. The van der Waals surface area contributed by atoms with Gasteiger partial charge in [0.2, 0.25) is 0 Å². The van der Waals surface area contributed by atoms with E-state index in [1.54, 1.807) is 36.7 Å². The Labute approximate surface area is 162 Å². The fraction of sp³-hybridized carbons (Fsp3) is 0.0952. The van der Waals surface area contributed by atoms with E-state index < -0.39 is 11.8 Å². The second-order valence-electron chi connectivity index (χ2n) is 5.78. The first kappa shape index (κ1) is 18.7. The summed E-state index contributed by atoms with van der Waals surface area (Å²) in [6.45, 7) is 0.478. The van der Waals surface area contributed by atoms with Crippen LogP contribution >= 0.6 is 0 Å². The monoisotopic (exact) mass is 371 g/mol. The number of nitrogens with zero attached hydrogens (tertiary/aromatic N) is 3. The van der Waals surface area contributed by atoms with Gasteiger partial charge in [-0.2, -0.15) is 0 Å². The Hall–Kier alpha value is -4.05. The third-order valence-corrected chi connectivity index (χ3v) is 3.77. The van der Waals surface area contributed by atoms with Crippen LogP contribution in [0.4, 0.5) is 0 Å². The Kier molecular flexibility index (Phi) is 6.06. The van der Waals surface area contributed by atoms with E-state index in [0.29, 0.717) is 17.0 Å². The Morgan fingerprint density at radius 1 is 0.857 bits per heavy atom. The molecular formula is C21H17N5O2. The highest BCUT2D eigenvalue weighted by atomic mass is 16.2. The summed E-state index contributed by atoms with van der Waals surface area (Å²) in [4.78, 5) is 37.3. The van der Waals surface area contributed by atoms with Crippen molar-refractivity contribution in [2.45, 2.75) is 13.1 Å². The van der Waals surface area contributed by atoms with Gasteiger partial charge in [-0.05, 0) is 36.4 Å². The van der Waals surface area contributed by atoms with E-state index in [1.165, 1.54) is 12.1 Å². The number of carbonyl (C=O) groups is 2. The summed E-state index contributed by atoms with van der Waals surface area (Å²) in [5, 5.41) is 5.43. The van der Waals surface area contributed by atoms with Crippen LogP contribution in [0.3, 0.4) is 0 Å². The largest absolute Gasteiger partial charge is 0.345 e. The molecule has 0 aliphatic carbocycles. The topological polar surface area (TPSA) is 96.9 Å². The molecule has 0 aliphatic heterocycles. The minimum Gasteiger partial charge on any atom is -0.345 e. The number of amides is 2. The van der Waals surface area contributed by atoms with Crippen molar-refractivity contribution in [1.29, 1.82) is 0 Å². The summed E-state index contributed by atoms with van der Waals surface area (Å²) >= 11 is 0. The zero-order valence-corrected chi connectivity index (χ0v) is 14.9. The Balaban J connectivity index is 1.71. The zero-order chi connectivity index (χ0) is 19.8. The van der Waals surface area contributed by atoms with E-state index in [-0.39, 0.29) is 24.5 Å². The maximum Gasteiger partial charge on any atom is 0.270 e. The maximum absolute atomic E-state index is 12.4. The second-order valence-corrected chi connectivity index (χ2v) is 5.78. The van der Waals surface area contributed by atoms with Gasteiger partial charge in [0.15, 0.2) is 0 Å². The van der Waals surface area contributed by atoms with Crippen LogP contribution in [-0.2, 0) is 13.1 Å². The predicted octanol–water partition coefficient (Wildman–Crippen LogP) is 1.71. The minimum atomic E-state index is -0.443. The molecule has 0 unspecified atom stereocenters. The molecule has 0 saturated carbocycles. The normalized spacial score (nSPS) is 9.96. The first-order valence-electron chi connectivity index (χ1n) is 8.50. The summed E-state index contributed by atoms with van der Waals surface area (Å²) in [7, 11) is 0. The Morgan fingerprint density at radius 2 is 1.36 bits per heavy atom. The van der Waals surface area contributed by atoms with Gasteiger partial charge >= 0.3 is 0 Å². The fourth-order valence-corrected chi connectivity index (χ4v) is 2.37. The molecule has 2 amide bonds. The zero-order valence-electron chi connectivity index (χ0n) is 14.9. The van der Waals surface area contributed by atoms with Crippen molar-refractivity contribution in [3.63, 3.8) is 0 Å². The van der Waals surface area contributed by atoms with Crippen LogP contribution in [0.2, 0.25) is 0 Å². The van der Waals surface area contributed by atoms with Crippen molar-refractivity contribution in [3.05, 3.63) is 89.3 Å². The summed E-state index contributed by atoms with van der Waals surface area (Å²) in [5.41, 5.74) is 1.93. The van der Waals surface area contributed by atoms with E-state index >= 15 is 0 Å². The number of terminal acetylenes is 1. The van der Waals surface area contributed by atoms with Crippen molar-refractivity contribution in [1.82, 2.24) is 25.6 Å². The smallest absolute Gasteiger partial charge is 0.270 e. The van der Waals surface area contributed by atoms with Gasteiger partial charge in [0.05, 0.1) is 24.5 Å². The number of aromatic nitrogens is 3. The first-order valence-corrected chi connectivity index (χ1v) is 8.50. The van der Waals surface area contributed by atoms with Gasteiger partial charge < -0.3 is 10.6 Å². The molecule has 0 aliphatic rings. The van der Waals surface area contributed by atoms with Crippen LogP contribution in [-0.4, -0.2) is 26.8 Å². The van der Waals surface area contributed by atoms with Crippen molar-refractivity contribution in [2.75, 3.05) is 0 Å². The molecule has 28 heavy (non-hydrogen) atoms. The molecule has 0 radical (unpaired) electrons. The standard InChI is InChI=1S/C21H17N5O2/c1-2-15-11-18(20(27)24-13-16-7-3-5-9-22-16)26-19(12-15)21(28)25-14-17-8-4-6-10-23-17/h1,3-12H,13-14H2,(H,24,27)(H,25,28). The molecule has 0 aromatic carbocycles. The van der Waals surface area contributed by atoms with E-state index in [0.717, 1.165) is 0 Å². The van der Waals surface area contributed by atoms with E-state index in [9.17, 15) is 9.59 Å². The maximum atomic E-state index is 12.4. The quantitative estimate of drug-likeness (QED) is 0.643. The number of pyridine rings is 3. The first-order chi connectivity index (χ1) is 13.7. The molecule has 3 aromatic rings. The summed E-state index contributed by atoms with van der Waals surface area (Å²) in [6.07, 6.45) is 8.74. The average molecular weight is 371 g/mol. The van der Waals surface area contributed by atoms with Gasteiger partial charge in [-0.1, -0.05) is 18.1 Å². The number of hydrogen-bond donors (Lipinski definition) is 2. The third kappa shape index (κ3) is 4.99. The van der Waals surface area contributed by atoms with Gasteiger partial charge in [0.1, 0.15) is 11.4 Å². The van der Waals surface area contributed by atoms with Gasteiger partial charge in [-0.25, -0.2) is 4.98 Å². The van der Waals surface area contributed by atoms with Crippen molar-refractivity contribution < 1.29 is 9.59 Å². The van der Waals surface area contributed by atoms with Crippen molar-refractivity contribution in [3.8, 4) is 12.3 Å². The number of nitrogens with one attached hydrogen (secondary N) is 2. The molecule has 2 N–H and O–H groups in total. The lowest BCUT2D eigenvalue weighted by Crippen LogP contribution is -2.28. The number of rotatable bonds is 6. The minimum absolute atomic E-state index is 0.0642. The van der Waals surface area contributed by atoms with Crippen LogP contribution in [0.1, 0.15) is 37.9 Å². The van der Waals surface area contributed by atoms with Crippen molar-refractivity contribution >= 4 is 11.8 Å². The van der Waals surface area contributed by atoms with Gasteiger partial charge in [0.25, 0.3) is 11.8 Å². The van der Waals surface area contributed by atoms with Crippen LogP contribution < -0.4 is 10.6 Å². The molecule has 7 heteroatoms. The summed E-state index contributed by atoms with van der Waals surface area (Å²) in [6, 6.07) is 13.8. The molecule has 7 nitrogen and oxygen atoms in total. The molecule has 138 valence electrons. The molecule has 0 atom stereocenters. The highest BCUT2D eigenvalue weighted by Crippen LogP contribution is 2.07. The molecule has 0 saturated heterocycles. The highest BCUT2D eigenvalue weighted by Gasteiger charge is 2.14. The Morgan fingerprint density at radius 3 is 1.75 bits per heavy atom. The lowest BCUT2D eigenvalue weighted by atomic mass is 10.1. The highest BCUT2D eigenvalue weighted by molar-refractivity contribution is 5.96. The third-order valence-electron chi connectivity index (χ3n) is 3.77. The van der Waals surface area contributed by atoms with Gasteiger partial charge in [0, 0.05) is 18.0 Å². The van der Waals surface area contributed by atoms with Crippen LogP contribution in [0, 0.1) is 12.3 Å². The molecule has 3 rings (SSSR count). The summed E-state index contributed by atoms with van der Waals surface area (Å²) in [5.74, 6) is 1.55. The van der Waals surface area contributed by atoms with Gasteiger partial charge in [-0.3, -0.25) is 19.6 Å². The lowest BCUT2D eigenvalue weighted by Gasteiger charge is -2.08. The SMILES string of the molecule is C#Cc1cc(C(=O)NCc2ccccn2)nc(C(=O)NCc2ccccn2)c1. The van der Waals surface area contributed by atoms with Crippen molar-refractivity contribution in [2.24, 2.45) is 0 Å². The van der Waals surface area contributed by atoms with E-state index in [4.69, 9.17) is 6.42 Å². The second kappa shape index (κ2) is 9.05. The van der Waals surface area contributed by atoms with Crippen LogP contribution in [0.15, 0.2) is 60.9 Å². The molecule has 0 fully saturated rings. The van der Waals surface area contributed by atoms with E-state index in [2.05, 4.69) is 31.5 Å². The molecule has 3 heterocycles. The van der Waals surface area contributed by atoms with Crippen LogP contribution in [0.5, 0.6) is 0 Å².